The number of hydrogen-bond donors (Lipinski definition) is 1. The van der Waals surface area contributed by atoms with E-state index in [4.69, 9.17) is 21.6 Å². The van der Waals surface area contributed by atoms with E-state index in [9.17, 15) is 4.79 Å². The van der Waals surface area contributed by atoms with Crippen LogP contribution >= 0.6 is 11.6 Å². The number of carbonyl (C=O) groups excluding carboxylic acids is 1. The highest BCUT2D eigenvalue weighted by atomic mass is 35.5. The Hall–Kier alpha value is -2.87. The number of para-hydroxylation sites is 1. The molecule has 8 nitrogen and oxygen atoms in total. The van der Waals surface area contributed by atoms with Crippen molar-refractivity contribution in [1.29, 1.82) is 0 Å². The number of nitrogens with zero attached hydrogens (tertiary/aromatic N) is 6. The highest BCUT2D eigenvalue weighted by Gasteiger charge is 2.31. The molecule has 0 bridgehead atoms. The summed E-state index contributed by atoms with van der Waals surface area (Å²) in [5.74, 6) is 2.19. The summed E-state index contributed by atoms with van der Waals surface area (Å²) < 4.78 is 1.81. The van der Waals surface area contributed by atoms with Gasteiger partial charge >= 0.3 is 6.03 Å². The number of hydrogen-bond acceptors (Lipinski definition) is 5. The minimum absolute atomic E-state index is 0.0135. The molecular weight excluding hydrogens is 414 g/mol. The highest BCUT2D eigenvalue weighted by molar-refractivity contribution is 6.32. The molecule has 2 amide bonds. The summed E-state index contributed by atoms with van der Waals surface area (Å²) in [6.45, 7) is 5.55. The van der Waals surface area contributed by atoms with Crippen LogP contribution in [0.25, 0.3) is 16.7 Å². The van der Waals surface area contributed by atoms with Crippen molar-refractivity contribution < 1.29 is 4.79 Å². The molecule has 0 spiro atoms. The first-order valence-electron chi connectivity index (χ1n) is 10.9. The van der Waals surface area contributed by atoms with Crippen LogP contribution in [0, 0.1) is 0 Å². The van der Waals surface area contributed by atoms with Gasteiger partial charge in [-0.2, -0.15) is 5.10 Å². The van der Waals surface area contributed by atoms with Gasteiger partial charge in [-0.1, -0.05) is 30.7 Å². The summed E-state index contributed by atoms with van der Waals surface area (Å²) in [5.41, 5.74) is 1.59. The van der Waals surface area contributed by atoms with E-state index in [1.54, 1.807) is 0 Å². The van der Waals surface area contributed by atoms with Crippen LogP contribution in [0.5, 0.6) is 0 Å². The lowest BCUT2D eigenvalue weighted by atomic mass is 10.2. The lowest BCUT2D eigenvalue weighted by Crippen LogP contribution is -2.52. The zero-order chi connectivity index (χ0) is 21.4. The van der Waals surface area contributed by atoms with Gasteiger partial charge in [0.25, 0.3) is 0 Å². The van der Waals surface area contributed by atoms with Gasteiger partial charge in [0, 0.05) is 38.6 Å². The Morgan fingerprint density at radius 1 is 1.16 bits per heavy atom. The maximum atomic E-state index is 12.3. The number of amides is 2. The van der Waals surface area contributed by atoms with Crippen LogP contribution in [0.1, 0.15) is 37.9 Å². The molecule has 3 heterocycles. The Morgan fingerprint density at radius 2 is 1.94 bits per heavy atom. The van der Waals surface area contributed by atoms with E-state index in [2.05, 4.69) is 22.2 Å². The third-order valence-corrected chi connectivity index (χ3v) is 6.16. The number of aromatic nitrogens is 4. The van der Waals surface area contributed by atoms with E-state index in [0.717, 1.165) is 60.7 Å². The first kappa shape index (κ1) is 20.1. The van der Waals surface area contributed by atoms with Crippen molar-refractivity contribution in [3.8, 4) is 5.69 Å². The number of fused-ring (bicyclic) bond motifs is 1. The molecule has 0 radical (unpaired) electrons. The zero-order valence-corrected chi connectivity index (χ0v) is 18.3. The smallest absolute Gasteiger partial charge is 0.317 e. The van der Waals surface area contributed by atoms with Crippen molar-refractivity contribution in [1.82, 2.24) is 30.0 Å². The summed E-state index contributed by atoms with van der Waals surface area (Å²) in [6.07, 6.45) is 5.00. The highest BCUT2D eigenvalue weighted by Crippen LogP contribution is 2.40. The Kier molecular flexibility index (Phi) is 5.40. The number of piperazine rings is 1. The molecule has 162 valence electrons. The van der Waals surface area contributed by atoms with Gasteiger partial charge in [0.15, 0.2) is 5.65 Å². The van der Waals surface area contributed by atoms with Gasteiger partial charge in [-0.05, 0) is 31.4 Å². The van der Waals surface area contributed by atoms with Crippen molar-refractivity contribution in [3.05, 3.63) is 41.3 Å². The first-order chi connectivity index (χ1) is 15.2. The van der Waals surface area contributed by atoms with Gasteiger partial charge in [0.1, 0.15) is 11.6 Å². The minimum Gasteiger partial charge on any atom is -0.352 e. The number of carbonyl (C=O) groups is 1. The van der Waals surface area contributed by atoms with Gasteiger partial charge in [-0.25, -0.2) is 19.4 Å². The third kappa shape index (κ3) is 3.92. The molecule has 1 aromatic carbocycles. The molecule has 0 unspecified atom stereocenters. The molecule has 3 aromatic rings. The minimum atomic E-state index is 0.0135. The van der Waals surface area contributed by atoms with Gasteiger partial charge in [-0.15, -0.1) is 0 Å². The normalized spacial score (nSPS) is 16.7. The molecule has 1 aliphatic heterocycles. The summed E-state index contributed by atoms with van der Waals surface area (Å²) >= 11 is 6.44. The number of nitrogens with one attached hydrogen (secondary N) is 1. The maximum absolute atomic E-state index is 12.3. The van der Waals surface area contributed by atoms with Gasteiger partial charge in [-0.3, -0.25) is 0 Å². The Bertz CT molecular complexity index is 1100. The quantitative estimate of drug-likeness (QED) is 0.657. The average Bonchev–Trinajstić information content (AvgIpc) is 3.57. The molecular formula is C22H26ClN7O. The van der Waals surface area contributed by atoms with E-state index in [0.29, 0.717) is 30.6 Å². The Morgan fingerprint density at radius 3 is 2.65 bits per heavy atom. The molecule has 2 aliphatic rings. The maximum Gasteiger partial charge on any atom is 0.317 e. The fraction of sp³-hybridized carbons (Fsp3) is 0.455. The molecule has 2 aromatic heterocycles. The fourth-order valence-corrected chi connectivity index (χ4v) is 4.16. The summed E-state index contributed by atoms with van der Waals surface area (Å²) in [7, 11) is 0. The lowest BCUT2D eigenvalue weighted by molar-refractivity contribution is 0.194. The Labute approximate surface area is 186 Å². The third-order valence-electron chi connectivity index (χ3n) is 5.84. The van der Waals surface area contributed by atoms with Crippen LogP contribution in [0.3, 0.4) is 0 Å². The summed E-state index contributed by atoms with van der Waals surface area (Å²) in [4.78, 5) is 26.2. The van der Waals surface area contributed by atoms with E-state index >= 15 is 0 Å². The number of anilines is 1. The number of rotatable bonds is 5. The monoisotopic (exact) mass is 439 g/mol. The molecule has 31 heavy (non-hydrogen) atoms. The molecule has 0 atom stereocenters. The van der Waals surface area contributed by atoms with Crippen molar-refractivity contribution in [2.24, 2.45) is 0 Å². The van der Waals surface area contributed by atoms with Crippen LogP contribution in [-0.4, -0.2) is 63.4 Å². The standard InChI is InChI=1S/C22H26ClN7O/c1-2-9-24-22(31)29-12-10-28(11-13-29)20-16-14-25-30(18-6-4-3-5-17(18)23)21(16)27-19(26-20)15-7-8-15/h3-6,14-15H,2,7-13H2,1H3,(H,24,31). The fourth-order valence-electron chi connectivity index (χ4n) is 3.94. The van der Waals surface area contributed by atoms with Crippen molar-refractivity contribution in [3.63, 3.8) is 0 Å². The Balaban J connectivity index is 1.47. The van der Waals surface area contributed by atoms with E-state index in [-0.39, 0.29) is 6.03 Å². The summed E-state index contributed by atoms with van der Waals surface area (Å²) in [6, 6.07) is 7.67. The van der Waals surface area contributed by atoms with Crippen molar-refractivity contribution in [2.45, 2.75) is 32.1 Å². The molecule has 1 saturated heterocycles. The number of benzene rings is 1. The van der Waals surface area contributed by atoms with Gasteiger partial charge in [0.05, 0.1) is 22.3 Å². The topological polar surface area (TPSA) is 79.2 Å². The van der Waals surface area contributed by atoms with Crippen LogP contribution in [0.2, 0.25) is 5.02 Å². The zero-order valence-electron chi connectivity index (χ0n) is 17.6. The van der Waals surface area contributed by atoms with Crippen LogP contribution in [0.4, 0.5) is 10.6 Å². The van der Waals surface area contributed by atoms with E-state index < -0.39 is 0 Å². The van der Waals surface area contributed by atoms with Crippen molar-refractivity contribution in [2.75, 3.05) is 37.6 Å². The predicted molar refractivity (Wildman–Crippen MR) is 121 cm³/mol. The van der Waals surface area contributed by atoms with E-state index in [1.807, 2.05) is 40.0 Å². The van der Waals surface area contributed by atoms with Crippen LogP contribution in [-0.2, 0) is 0 Å². The van der Waals surface area contributed by atoms with Gasteiger partial charge in [0.2, 0.25) is 0 Å². The van der Waals surface area contributed by atoms with Gasteiger partial charge < -0.3 is 15.1 Å². The molecule has 9 heteroatoms. The molecule has 1 saturated carbocycles. The largest absolute Gasteiger partial charge is 0.352 e. The SMILES string of the molecule is CCCNC(=O)N1CCN(c2nc(C3CC3)nc3c2cnn3-c2ccccc2Cl)CC1. The molecule has 1 aliphatic carbocycles. The average molecular weight is 440 g/mol. The summed E-state index contributed by atoms with van der Waals surface area (Å²) in [5, 5.41) is 9.11. The second kappa shape index (κ2) is 8.34. The molecule has 1 N–H and O–H groups in total. The molecule has 5 rings (SSSR count). The van der Waals surface area contributed by atoms with Crippen LogP contribution in [0.15, 0.2) is 30.5 Å². The van der Waals surface area contributed by atoms with Crippen molar-refractivity contribution >= 4 is 34.5 Å². The lowest BCUT2D eigenvalue weighted by Gasteiger charge is -2.35. The molecule has 2 fully saturated rings. The predicted octanol–water partition coefficient (Wildman–Crippen LogP) is 3.59. The first-order valence-corrected chi connectivity index (χ1v) is 11.3. The number of halogens is 1. The second-order valence-electron chi connectivity index (χ2n) is 8.13. The second-order valence-corrected chi connectivity index (χ2v) is 8.54. The van der Waals surface area contributed by atoms with Crippen LogP contribution < -0.4 is 10.2 Å². The number of urea groups is 1. The van der Waals surface area contributed by atoms with E-state index in [1.165, 1.54) is 0 Å².